The zero-order valence-corrected chi connectivity index (χ0v) is 17.1. The van der Waals surface area contributed by atoms with E-state index in [-0.39, 0.29) is 23.5 Å². The lowest BCUT2D eigenvalue weighted by Crippen LogP contribution is -2.35. The van der Waals surface area contributed by atoms with Crippen LogP contribution in [0.15, 0.2) is 60.7 Å². The first-order valence-corrected chi connectivity index (χ1v) is 11.1. The summed E-state index contributed by atoms with van der Waals surface area (Å²) < 4.78 is 0. The van der Waals surface area contributed by atoms with Crippen molar-refractivity contribution in [1.82, 2.24) is 9.80 Å². The van der Waals surface area contributed by atoms with Crippen LogP contribution in [-0.4, -0.2) is 33.7 Å². The summed E-state index contributed by atoms with van der Waals surface area (Å²) in [6, 6.07) is 20.8. The van der Waals surface area contributed by atoms with E-state index in [4.69, 9.17) is 0 Å². The molecule has 0 saturated carbocycles. The highest BCUT2D eigenvalue weighted by atomic mass is 32.2. The summed E-state index contributed by atoms with van der Waals surface area (Å²) in [5, 5.41) is 0.0828. The van der Waals surface area contributed by atoms with Gasteiger partial charge in [0.2, 0.25) is 0 Å². The van der Waals surface area contributed by atoms with Gasteiger partial charge >= 0.3 is 6.03 Å². The molecule has 144 valence electrons. The number of hydrogen-bond donors (Lipinski definition) is 0. The van der Waals surface area contributed by atoms with E-state index in [1.54, 1.807) is 0 Å². The fraction of sp³-hybridized carbons (Fsp3) is 0.375. The smallest absolute Gasteiger partial charge is 0.304 e. The molecule has 2 amide bonds. The maximum atomic E-state index is 13.4. The molecule has 0 N–H and O–H groups in total. The summed E-state index contributed by atoms with van der Waals surface area (Å²) in [6.45, 7) is 2.80. The van der Waals surface area contributed by atoms with Gasteiger partial charge in [-0.25, -0.2) is 4.79 Å². The van der Waals surface area contributed by atoms with Crippen molar-refractivity contribution in [2.45, 2.75) is 50.2 Å². The molecule has 0 aromatic heterocycles. The third kappa shape index (κ3) is 3.77. The van der Waals surface area contributed by atoms with Crippen LogP contribution in [0.5, 0.6) is 0 Å². The molecule has 0 spiro atoms. The van der Waals surface area contributed by atoms with Gasteiger partial charge in [-0.2, -0.15) is 0 Å². The lowest BCUT2D eigenvalue weighted by atomic mass is 10.1. The second kappa shape index (κ2) is 8.75. The minimum absolute atomic E-state index is 0.0363. The van der Waals surface area contributed by atoms with Crippen molar-refractivity contribution in [3.63, 3.8) is 0 Å². The molecule has 2 saturated heterocycles. The number of nitrogens with zero attached hydrogens (tertiary/aromatic N) is 2. The topological polar surface area (TPSA) is 23.6 Å². The van der Waals surface area contributed by atoms with Gasteiger partial charge in [0.25, 0.3) is 0 Å². The van der Waals surface area contributed by atoms with Crippen molar-refractivity contribution < 1.29 is 4.79 Å². The molecule has 0 unspecified atom stereocenters. The SMILES string of the molecule is CCCCC#C[C@H]1[C@@H]2CS[C@@H](c3ccccc3)N2C(=O)N1Cc1ccccc1. The second-order valence-corrected chi connectivity index (χ2v) is 8.45. The second-order valence-electron chi connectivity index (χ2n) is 7.34. The van der Waals surface area contributed by atoms with E-state index in [0.717, 1.165) is 30.6 Å². The van der Waals surface area contributed by atoms with E-state index < -0.39 is 0 Å². The highest BCUT2D eigenvalue weighted by Crippen LogP contribution is 2.47. The van der Waals surface area contributed by atoms with Gasteiger partial charge in [0.1, 0.15) is 11.4 Å². The number of amides is 2. The largest absolute Gasteiger partial charge is 0.322 e. The molecule has 4 rings (SSSR count). The lowest BCUT2D eigenvalue weighted by molar-refractivity contribution is 0.184. The molecular weight excluding hydrogens is 364 g/mol. The molecule has 4 heteroatoms. The summed E-state index contributed by atoms with van der Waals surface area (Å²) >= 11 is 1.86. The molecule has 0 aliphatic carbocycles. The van der Waals surface area contributed by atoms with Crippen molar-refractivity contribution in [3.8, 4) is 11.8 Å². The van der Waals surface area contributed by atoms with Crippen LogP contribution in [0.4, 0.5) is 4.79 Å². The predicted octanol–water partition coefficient (Wildman–Crippen LogP) is 5.30. The van der Waals surface area contributed by atoms with E-state index in [0.29, 0.717) is 6.54 Å². The highest BCUT2D eigenvalue weighted by molar-refractivity contribution is 7.99. The van der Waals surface area contributed by atoms with Crippen molar-refractivity contribution in [1.29, 1.82) is 0 Å². The zero-order chi connectivity index (χ0) is 19.3. The van der Waals surface area contributed by atoms with Gasteiger partial charge in [-0.1, -0.05) is 79.9 Å². The Hall–Kier alpha value is -2.38. The first-order chi connectivity index (χ1) is 13.8. The maximum Gasteiger partial charge on any atom is 0.322 e. The van der Waals surface area contributed by atoms with Crippen LogP contribution in [0.1, 0.15) is 42.7 Å². The number of urea groups is 1. The van der Waals surface area contributed by atoms with Crippen molar-refractivity contribution in [3.05, 3.63) is 71.8 Å². The van der Waals surface area contributed by atoms with Crippen molar-refractivity contribution >= 4 is 17.8 Å². The van der Waals surface area contributed by atoms with Crippen molar-refractivity contribution in [2.75, 3.05) is 5.75 Å². The Morgan fingerprint density at radius 1 is 1.07 bits per heavy atom. The highest BCUT2D eigenvalue weighted by Gasteiger charge is 2.52. The molecular formula is C24H26N2OS. The Balaban J connectivity index is 1.62. The molecule has 28 heavy (non-hydrogen) atoms. The minimum Gasteiger partial charge on any atom is -0.304 e. The summed E-state index contributed by atoms with van der Waals surface area (Å²) in [5.41, 5.74) is 2.35. The van der Waals surface area contributed by atoms with Crippen LogP contribution >= 0.6 is 11.8 Å². The third-order valence-electron chi connectivity index (χ3n) is 5.39. The summed E-state index contributed by atoms with van der Waals surface area (Å²) in [7, 11) is 0. The van der Waals surface area contributed by atoms with Crippen LogP contribution in [-0.2, 0) is 6.54 Å². The standard InChI is InChI=1S/C24H26N2OS/c1-2-3-4-11-16-21-22-18-28-23(20-14-9-6-10-15-20)26(22)24(27)25(21)17-19-12-7-5-8-13-19/h5-10,12-15,21-23H,2-4,17-18H2,1H3/t21-,22-,23-/m0/s1. The number of fused-ring (bicyclic) bond motifs is 1. The Kier molecular flexibility index (Phi) is 5.92. The molecule has 3 atom stereocenters. The number of thioether (sulfide) groups is 1. The van der Waals surface area contributed by atoms with Crippen LogP contribution in [0.3, 0.4) is 0 Å². The lowest BCUT2D eigenvalue weighted by Gasteiger charge is -2.24. The number of rotatable bonds is 5. The average molecular weight is 391 g/mol. The molecule has 2 aliphatic rings. The van der Waals surface area contributed by atoms with E-state index in [2.05, 4.69) is 47.9 Å². The number of carbonyl (C=O) groups excluding carboxylic acids is 1. The van der Waals surface area contributed by atoms with Crippen LogP contribution in [0, 0.1) is 11.8 Å². The van der Waals surface area contributed by atoms with E-state index in [9.17, 15) is 4.79 Å². The van der Waals surface area contributed by atoms with Crippen molar-refractivity contribution in [2.24, 2.45) is 0 Å². The van der Waals surface area contributed by atoms with Gasteiger partial charge in [-0.15, -0.1) is 17.7 Å². The molecule has 0 radical (unpaired) electrons. The summed E-state index contributed by atoms with van der Waals surface area (Å²) in [6.07, 6.45) is 3.16. The van der Waals surface area contributed by atoms with Gasteiger partial charge in [0, 0.05) is 18.7 Å². The first-order valence-electron chi connectivity index (χ1n) is 10.1. The zero-order valence-electron chi connectivity index (χ0n) is 16.3. The van der Waals surface area contributed by atoms with E-state index in [1.807, 2.05) is 53.1 Å². The van der Waals surface area contributed by atoms with E-state index in [1.165, 1.54) is 5.56 Å². The average Bonchev–Trinajstić information content (AvgIpc) is 3.28. The van der Waals surface area contributed by atoms with Crippen LogP contribution in [0.2, 0.25) is 0 Å². The quantitative estimate of drug-likeness (QED) is 0.511. The number of unbranched alkanes of at least 4 members (excludes halogenated alkanes) is 2. The van der Waals surface area contributed by atoms with E-state index >= 15 is 0 Å². The molecule has 2 aromatic carbocycles. The Labute approximate surface area is 172 Å². The normalized spacial score (nSPS) is 23.5. The fourth-order valence-corrected chi connectivity index (χ4v) is 5.40. The molecule has 2 fully saturated rings. The molecule has 3 nitrogen and oxygen atoms in total. The monoisotopic (exact) mass is 390 g/mol. The van der Waals surface area contributed by atoms with Gasteiger partial charge < -0.3 is 9.80 Å². The van der Waals surface area contributed by atoms with Crippen LogP contribution in [0.25, 0.3) is 0 Å². The Morgan fingerprint density at radius 2 is 1.79 bits per heavy atom. The minimum atomic E-state index is -0.0363. The number of carbonyl (C=O) groups is 1. The first kappa shape index (κ1) is 19.0. The molecule has 2 aromatic rings. The number of hydrogen-bond acceptors (Lipinski definition) is 2. The summed E-state index contributed by atoms with van der Waals surface area (Å²) in [5.74, 6) is 7.75. The maximum absolute atomic E-state index is 13.4. The number of benzene rings is 2. The Morgan fingerprint density at radius 3 is 2.50 bits per heavy atom. The van der Waals surface area contributed by atoms with Gasteiger partial charge in [-0.3, -0.25) is 0 Å². The van der Waals surface area contributed by atoms with Gasteiger partial charge in [0.05, 0.1) is 6.04 Å². The Bertz CT molecular complexity index is 858. The molecule has 2 aliphatic heterocycles. The predicted molar refractivity (Wildman–Crippen MR) is 116 cm³/mol. The summed E-state index contributed by atoms with van der Waals surface area (Å²) in [4.78, 5) is 17.5. The molecule has 0 bridgehead atoms. The van der Waals surface area contributed by atoms with Crippen LogP contribution < -0.4 is 0 Å². The van der Waals surface area contributed by atoms with Gasteiger partial charge in [0.15, 0.2) is 0 Å². The third-order valence-corrected chi connectivity index (χ3v) is 6.74. The molecule has 2 heterocycles. The van der Waals surface area contributed by atoms with Gasteiger partial charge in [-0.05, 0) is 17.5 Å². The fourth-order valence-electron chi connectivity index (χ4n) is 3.92.